The summed E-state index contributed by atoms with van der Waals surface area (Å²) in [6, 6.07) is 9.15. The van der Waals surface area contributed by atoms with Gasteiger partial charge in [0.1, 0.15) is 0 Å². The maximum absolute atomic E-state index is 12.2. The van der Waals surface area contributed by atoms with Gasteiger partial charge in [-0.15, -0.1) is 0 Å². The van der Waals surface area contributed by atoms with E-state index in [0.29, 0.717) is 5.69 Å². The maximum atomic E-state index is 12.2. The van der Waals surface area contributed by atoms with E-state index >= 15 is 0 Å². The van der Waals surface area contributed by atoms with Crippen molar-refractivity contribution in [3.63, 3.8) is 0 Å². The van der Waals surface area contributed by atoms with E-state index in [1.54, 1.807) is 19.2 Å². The van der Waals surface area contributed by atoms with Crippen molar-refractivity contribution >= 4 is 15.9 Å². The van der Waals surface area contributed by atoms with Crippen LogP contribution in [0.3, 0.4) is 0 Å². The van der Waals surface area contributed by atoms with Crippen LogP contribution in [0, 0.1) is 0 Å². The highest BCUT2D eigenvalue weighted by Gasteiger charge is 2.27. The highest BCUT2D eigenvalue weighted by Crippen LogP contribution is 2.24. The zero-order chi connectivity index (χ0) is 13.0. The van der Waals surface area contributed by atoms with Gasteiger partial charge in [0.2, 0.25) is 0 Å². The Kier molecular flexibility index (Phi) is 4.24. The van der Waals surface area contributed by atoms with E-state index in [1.807, 2.05) is 18.2 Å². The molecule has 1 saturated carbocycles. The van der Waals surface area contributed by atoms with Crippen LogP contribution in [0.25, 0.3) is 0 Å². The average molecular weight is 268 g/mol. The Labute approximate surface area is 109 Å². The average Bonchev–Trinajstić information content (AvgIpc) is 2.39. The summed E-state index contributed by atoms with van der Waals surface area (Å²) in [5.74, 6) is 0. The molecule has 0 radical (unpaired) electrons. The largest absolute Gasteiger partial charge is 0.301 e. The molecule has 2 rings (SSSR count). The number of para-hydroxylation sites is 1. The van der Waals surface area contributed by atoms with Crippen molar-refractivity contribution in [3.8, 4) is 0 Å². The van der Waals surface area contributed by atoms with Crippen LogP contribution in [0.4, 0.5) is 5.69 Å². The summed E-state index contributed by atoms with van der Waals surface area (Å²) < 4.78 is 28.5. The zero-order valence-corrected chi connectivity index (χ0v) is 11.5. The Morgan fingerprint density at radius 1 is 1.11 bits per heavy atom. The van der Waals surface area contributed by atoms with E-state index < -0.39 is 10.2 Å². The van der Waals surface area contributed by atoms with E-state index in [1.165, 1.54) is 10.7 Å². The normalized spacial score (nSPS) is 17.9. The molecular formula is C13H20N2O2S. The molecule has 0 amide bonds. The molecule has 1 aromatic carbocycles. The highest BCUT2D eigenvalue weighted by atomic mass is 32.2. The van der Waals surface area contributed by atoms with Gasteiger partial charge in [-0.05, 0) is 25.0 Å². The van der Waals surface area contributed by atoms with Crippen molar-refractivity contribution in [3.05, 3.63) is 30.3 Å². The van der Waals surface area contributed by atoms with Crippen LogP contribution in [0.15, 0.2) is 30.3 Å². The minimum Gasteiger partial charge on any atom is -0.271 e. The van der Waals surface area contributed by atoms with Gasteiger partial charge in [-0.25, -0.2) is 0 Å². The van der Waals surface area contributed by atoms with Gasteiger partial charge in [-0.1, -0.05) is 37.5 Å². The summed E-state index contributed by atoms with van der Waals surface area (Å²) in [6.07, 6.45) is 5.39. The summed E-state index contributed by atoms with van der Waals surface area (Å²) in [4.78, 5) is 0. The first kappa shape index (κ1) is 13.4. The molecule has 4 nitrogen and oxygen atoms in total. The SMILES string of the molecule is CN(C1CCCCC1)S(=O)(=O)Nc1ccccc1. The molecule has 0 saturated heterocycles. The molecule has 1 aliphatic rings. The topological polar surface area (TPSA) is 49.4 Å². The van der Waals surface area contributed by atoms with Crippen molar-refractivity contribution in [1.82, 2.24) is 4.31 Å². The van der Waals surface area contributed by atoms with Gasteiger partial charge in [0.25, 0.3) is 0 Å². The lowest BCUT2D eigenvalue weighted by molar-refractivity contribution is 0.287. The molecule has 0 spiro atoms. The van der Waals surface area contributed by atoms with Gasteiger partial charge in [0, 0.05) is 18.8 Å². The van der Waals surface area contributed by atoms with E-state index in [2.05, 4.69) is 4.72 Å². The fourth-order valence-electron chi connectivity index (χ4n) is 2.37. The number of anilines is 1. The van der Waals surface area contributed by atoms with Crippen molar-refractivity contribution in [2.45, 2.75) is 38.1 Å². The molecule has 0 heterocycles. The molecule has 100 valence electrons. The van der Waals surface area contributed by atoms with Crippen LogP contribution in [-0.2, 0) is 10.2 Å². The Morgan fingerprint density at radius 2 is 1.72 bits per heavy atom. The first-order valence-corrected chi connectivity index (χ1v) is 7.84. The molecular weight excluding hydrogens is 248 g/mol. The molecule has 1 aromatic rings. The predicted octanol–water partition coefficient (Wildman–Crippen LogP) is 2.61. The standard InChI is InChI=1S/C13H20N2O2S/c1-15(13-10-6-3-7-11-13)18(16,17)14-12-8-4-2-5-9-12/h2,4-5,8-9,13-14H,3,6-7,10-11H2,1H3. The third kappa shape index (κ3) is 3.23. The van der Waals surface area contributed by atoms with Crippen LogP contribution >= 0.6 is 0 Å². The third-order valence-electron chi connectivity index (χ3n) is 3.49. The number of nitrogens with zero attached hydrogens (tertiary/aromatic N) is 1. The van der Waals surface area contributed by atoms with E-state index in [-0.39, 0.29) is 6.04 Å². The van der Waals surface area contributed by atoms with E-state index in [0.717, 1.165) is 25.7 Å². The highest BCUT2D eigenvalue weighted by molar-refractivity contribution is 7.90. The summed E-state index contributed by atoms with van der Waals surface area (Å²) in [5.41, 5.74) is 0.611. The second-order valence-electron chi connectivity index (χ2n) is 4.78. The van der Waals surface area contributed by atoms with Gasteiger partial charge < -0.3 is 0 Å². The lowest BCUT2D eigenvalue weighted by atomic mass is 9.96. The molecule has 0 aromatic heterocycles. The van der Waals surface area contributed by atoms with E-state index in [4.69, 9.17) is 0 Å². The molecule has 5 heteroatoms. The van der Waals surface area contributed by atoms with Crippen LogP contribution in [0.2, 0.25) is 0 Å². The van der Waals surface area contributed by atoms with Crippen molar-refractivity contribution in [2.75, 3.05) is 11.8 Å². The second kappa shape index (κ2) is 5.71. The summed E-state index contributed by atoms with van der Waals surface area (Å²) in [5, 5.41) is 0. The summed E-state index contributed by atoms with van der Waals surface area (Å²) in [7, 11) is -1.76. The van der Waals surface area contributed by atoms with Crippen LogP contribution in [0.1, 0.15) is 32.1 Å². The Balaban J connectivity index is 2.05. The molecule has 0 unspecified atom stereocenters. The second-order valence-corrected chi connectivity index (χ2v) is 6.51. The predicted molar refractivity (Wildman–Crippen MR) is 73.6 cm³/mol. The minimum atomic E-state index is -3.43. The first-order chi connectivity index (χ1) is 8.59. The monoisotopic (exact) mass is 268 g/mol. The fourth-order valence-corrected chi connectivity index (χ4v) is 3.55. The van der Waals surface area contributed by atoms with Gasteiger partial charge in [-0.3, -0.25) is 4.72 Å². The smallest absolute Gasteiger partial charge is 0.271 e. The Bertz CT molecular complexity index is 467. The van der Waals surface area contributed by atoms with Crippen molar-refractivity contribution < 1.29 is 8.42 Å². The van der Waals surface area contributed by atoms with Crippen molar-refractivity contribution in [2.24, 2.45) is 0 Å². The summed E-state index contributed by atoms with van der Waals surface area (Å²) in [6.45, 7) is 0. The number of rotatable bonds is 4. The third-order valence-corrected chi connectivity index (χ3v) is 5.04. The van der Waals surface area contributed by atoms with Crippen LogP contribution in [-0.4, -0.2) is 25.8 Å². The first-order valence-electron chi connectivity index (χ1n) is 6.40. The van der Waals surface area contributed by atoms with Gasteiger partial charge >= 0.3 is 10.2 Å². The van der Waals surface area contributed by atoms with E-state index in [9.17, 15) is 8.42 Å². The quantitative estimate of drug-likeness (QED) is 0.912. The Hall–Kier alpha value is -1.07. The van der Waals surface area contributed by atoms with Crippen LogP contribution < -0.4 is 4.72 Å². The lowest BCUT2D eigenvalue weighted by Gasteiger charge is -2.30. The number of benzene rings is 1. The fraction of sp³-hybridized carbons (Fsp3) is 0.538. The number of nitrogens with one attached hydrogen (secondary N) is 1. The molecule has 18 heavy (non-hydrogen) atoms. The van der Waals surface area contributed by atoms with Gasteiger partial charge in [0.05, 0.1) is 0 Å². The number of hydrogen-bond acceptors (Lipinski definition) is 2. The van der Waals surface area contributed by atoms with Gasteiger partial charge in [-0.2, -0.15) is 12.7 Å². The molecule has 0 aliphatic heterocycles. The lowest BCUT2D eigenvalue weighted by Crippen LogP contribution is -2.41. The number of hydrogen-bond donors (Lipinski definition) is 1. The molecule has 1 aliphatic carbocycles. The summed E-state index contributed by atoms with van der Waals surface area (Å²) >= 11 is 0. The minimum absolute atomic E-state index is 0.139. The molecule has 0 bridgehead atoms. The zero-order valence-electron chi connectivity index (χ0n) is 10.7. The van der Waals surface area contributed by atoms with Crippen molar-refractivity contribution in [1.29, 1.82) is 0 Å². The molecule has 1 fully saturated rings. The maximum Gasteiger partial charge on any atom is 0.301 e. The molecule has 1 N–H and O–H groups in total. The van der Waals surface area contributed by atoms with Gasteiger partial charge in [0.15, 0.2) is 0 Å². The molecule has 0 atom stereocenters. The Morgan fingerprint density at radius 3 is 2.33 bits per heavy atom. The van der Waals surface area contributed by atoms with Crippen LogP contribution in [0.5, 0.6) is 0 Å².